The molecule has 1 unspecified atom stereocenters. The number of nitrogens with two attached hydrogens (primary N) is 1. The van der Waals surface area contributed by atoms with Gasteiger partial charge in [-0.3, -0.25) is 0 Å². The minimum atomic E-state index is 0.201. The first-order valence-electron chi connectivity index (χ1n) is 5.89. The second kappa shape index (κ2) is 3.97. The number of fused-ring (bicyclic) bond motifs is 1. The third-order valence-electron chi connectivity index (χ3n) is 3.18. The molecule has 3 heteroatoms. The molecule has 84 valence electrons. The van der Waals surface area contributed by atoms with Gasteiger partial charge in [-0.1, -0.05) is 13.8 Å². The lowest BCUT2D eigenvalue weighted by Gasteiger charge is -2.19. The molecule has 0 saturated heterocycles. The number of hydrogen-bond acceptors (Lipinski definition) is 2. The predicted octanol–water partition coefficient (Wildman–Crippen LogP) is 1.95. The molecule has 1 aliphatic carbocycles. The Morgan fingerprint density at radius 1 is 1.53 bits per heavy atom. The van der Waals surface area contributed by atoms with Gasteiger partial charge in [0.15, 0.2) is 0 Å². The van der Waals surface area contributed by atoms with Crippen LogP contribution in [0.1, 0.15) is 49.9 Å². The normalized spacial score (nSPS) is 20.7. The molecule has 1 aromatic rings. The van der Waals surface area contributed by atoms with Crippen molar-refractivity contribution in [2.24, 2.45) is 18.7 Å². The molecule has 15 heavy (non-hydrogen) atoms. The second-order valence-electron chi connectivity index (χ2n) is 5.02. The molecule has 0 saturated carbocycles. The highest BCUT2D eigenvalue weighted by atomic mass is 15.1. The highest BCUT2D eigenvalue weighted by molar-refractivity contribution is 5.23. The molecule has 1 heterocycles. The molecule has 1 atom stereocenters. The molecule has 0 spiro atoms. The van der Waals surface area contributed by atoms with Gasteiger partial charge in [-0.15, -0.1) is 0 Å². The molecule has 0 amide bonds. The number of nitrogens with zero attached hydrogens (tertiary/aromatic N) is 2. The molecule has 0 radical (unpaired) electrons. The summed E-state index contributed by atoms with van der Waals surface area (Å²) >= 11 is 0. The summed E-state index contributed by atoms with van der Waals surface area (Å²) in [6.45, 7) is 4.46. The van der Waals surface area contributed by atoms with Crippen molar-refractivity contribution < 1.29 is 0 Å². The van der Waals surface area contributed by atoms with Crippen LogP contribution in [0.3, 0.4) is 0 Å². The Bertz CT molecular complexity index is 352. The lowest BCUT2D eigenvalue weighted by molar-refractivity contribution is 0.529. The van der Waals surface area contributed by atoms with Crippen LogP contribution in [0.2, 0.25) is 0 Å². The van der Waals surface area contributed by atoms with Crippen molar-refractivity contribution in [2.75, 3.05) is 0 Å². The highest BCUT2D eigenvalue weighted by Gasteiger charge is 2.23. The molecule has 3 nitrogen and oxygen atoms in total. The van der Waals surface area contributed by atoms with Gasteiger partial charge in [0, 0.05) is 19.5 Å². The summed E-state index contributed by atoms with van der Waals surface area (Å²) in [4.78, 5) is 4.72. The van der Waals surface area contributed by atoms with Crippen LogP contribution in [-0.2, 0) is 19.9 Å². The molecule has 0 fully saturated rings. The number of imidazole rings is 1. The maximum atomic E-state index is 6.13. The van der Waals surface area contributed by atoms with E-state index in [-0.39, 0.29) is 6.04 Å². The van der Waals surface area contributed by atoms with Gasteiger partial charge in [0.05, 0.1) is 11.4 Å². The van der Waals surface area contributed by atoms with Gasteiger partial charge in [-0.25, -0.2) is 4.98 Å². The summed E-state index contributed by atoms with van der Waals surface area (Å²) in [5.74, 6) is 1.86. The molecule has 2 N–H and O–H groups in total. The predicted molar refractivity (Wildman–Crippen MR) is 61.6 cm³/mol. The number of aromatic nitrogens is 2. The van der Waals surface area contributed by atoms with Gasteiger partial charge in [-0.2, -0.15) is 0 Å². The molecular formula is C12H21N3. The van der Waals surface area contributed by atoms with Crippen molar-refractivity contribution in [1.29, 1.82) is 0 Å². The van der Waals surface area contributed by atoms with Crippen LogP contribution in [-0.4, -0.2) is 9.55 Å². The summed E-state index contributed by atoms with van der Waals surface area (Å²) in [5, 5.41) is 0. The summed E-state index contributed by atoms with van der Waals surface area (Å²) in [6, 6.07) is 0.201. The lowest BCUT2D eigenvalue weighted by atomic mass is 9.97. The van der Waals surface area contributed by atoms with Gasteiger partial charge in [-0.05, 0) is 25.2 Å². The van der Waals surface area contributed by atoms with Crippen molar-refractivity contribution in [3.63, 3.8) is 0 Å². The largest absolute Gasteiger partial charge is 0.333 e. The third kappa shape index (κ3) is 1.93. The average Bonchev–Trinajstić information content (AvgIpc) is 2.44. The highest BCUT2D eigenvalue weighted by Crippen LogP contribution is 2.28. The van der Waals surface area contributed by atoms with Crippen LogP contribution < -0.4 is 5.73 Å². The number of rotatable bonds is 2. The zero-order valence-electron chi connectivity index (χ0n) is 9.95. The second-order valence-corrected chi connectivity index (χ2v) is 5.02. The Kier molecular flexibility index (Phi) is 2.83. The Balaban J connectivity index is 2.35. The Labute approximate surface area is 91.7 Å². The van der Waals surface area contributed by atoms with Crippen LogP contribution in [0, 0.1) is 5.92 Å². The Hall–Kier alpha value is -0.830. The molecule has 0 bridgehead atoms. The molecule has 2 rings (SSSR count). The van der Waals surface area contributed by atoms with Crippen molar-refractivity contribution in [3.05, 3.63) is 17.2 Å². The summed E-state index contributed by atoms with van der Waals surface area (Å²) in [5.41, 5.74) is 8.65. The first-order valence-corrected chi connectivity index (χ1v) is 5.89. The maximum Gasteiger partial charge on any atom is 0.109 e. The van der Waals surface area contributed by atoms with E-state index in [1.54, 1.807) is 0 Å². The van der Waals surface area contributed by atoms with Crippen molar-refractivity contribution >= 4 is 0 Å². The monoisotopic (exact) mass is 207 g/mol. The van der Waals surface area contributed by atoms with Crippen LogP contribution in [0.4, 0.5) is 0 Å². The van der Waals surface area contributed by atoms with E-state index in [1.807, 2.05) is 0 Å². The Morgan fingerprint density at radius 2 is 2.27 bits per heavy atom. The molecular weight excluding hydrogens is 186 g/mol. The van der Waals surface area contributed by atoms with Crippen LogP contribution in [0.5, 0.6) is 0 Å². The van der Waals surface area contributed by atoms with Gasteiger partial charge < -0.3 is 10.3 Å². The minimum Gasteiger partial charge on any atom is -0.333 e. The van der Waals surface area contributed by atoms with E-state index in [0.717, 1.165) is 19.3 Å². The van der Waals surface area contributed by atoms with E-state index in [2.05, 4.69) is 25.5 Å². The molecule has 0 aromatic carbocycles. The van der Waals surface area contributed by atoms with Crippen molar-refractivity contribution in [1.82, 2.24) is 9.55 Å². The van der Waals surface area contributed by atoms with Crippen LogP contribution >= 0.6 is 0 Å². The number of aryl methyl sites for hydroxylation is 1. The average molecular weight is 207 g/mol. The fraction of sp³-hybridized carbons (Fsp3) is 0.750. The van der Waals surface area contributed by atoms with Gasteiger partial charge in [0.1, 0.15) is 5.82 Å². The van der Waals surface area contributed by atoms with Crippen molar-refractivity contribution in [2.45, 2.75) is 45.6 Å². The van der Waals surface area contributed by atoms with E-state index in [0.29, 0.717) is 5.92 Å². The standard InChI is InChI=1S/C12H21N3/c1-8(2)7-11-14-10-6-4-5-9(13)12(10)15(11)3/h8-9H,4-7,13H2,1-3H3. The zero-order chi connectivity index (χ0) is 11.0. The van der Waals surface area contributed by atoms with Gasteiger partial charge in [0.25, 0.3) is 0 Å². The van der Waals surface area contributed by atoms with E-state index < -0.39 is 0 Å². The first kappa shape index (κ1) is 10.7. The summed E-state index contributed by atoms with van der Waals surface area (Å²) < 4.78 is 2.22. The van der Waals surface area contributed by atoms with Crippen molar-refractivity contribution in [3.8, 4) is 0 Å². The van der Waals surface area contributed by atoms with Crippen LogP contribution in [0.15, 0.2) is 0 Å². The summed E-state index contributed by atoms with van der Waals surface area (Å²) in [6.07, 6.45) is 4.45. The molecule has 1 aliphatic rings. The third-order valence-corrected chi connectivity index (χ3v) is 3.18. The lowest BCUT2D eigenvalue weighted by Crippen LogP contribution is -2.20. The topological polar surface area (TPSA) is 43.8 Å². The minimum absolute atomic E-state index is 0.201. The maximum absolute atomic E-state index is 6.13. The Morgan fingerprint density at radius 3 is 2.87 bits per heavy atom. The van der Waals surface area contributed by atoms with E-state index in [9.17, 15) is 0 Å². The molecule has 0 aliphatic heterocycles. The number of hydrogen-bond donors (Lipinski definition) is 1. The van der Waals surface area contributed by atoms with Crippen LogP contribution in [0.25, 0.3) is 0 Å². The first-order chi connectivity index (χ1) is 7.09. The van der Waals surface area contributed by atoms with E-state index in [1.165, 1.54) is 23.6 Å². The SMILES string of the molecule is CC(C)Cc1nc2c(n1C)C(N)CCC2. The fourth-order valence-corrected chi connectivity index (χ4v) is 2.44. The fourth-order valence-electron chi connectivity index (χ4n) is 2.44. The smallest absolute Gasteiger partial charge is 0.109 e. The quantitative estimate of drug-likeness (QED) is 0.805. The molecule has 1 aromatic heterocycles. The van der Waals surface area contributed by atoms with E-state index >= 15 is 0 Å². The van der Waals surface area contributed by atoms with Gasteiger partial charge >= 0.3 is 0 Å². The zero-order valence-corrected chi connectivity index (χ0v) is 9.95. The van der Waals surface area contributed by atoms with E-state index in [4.69, 9.17) is 10.7 Å². The summed E-state index contributed by atoms with van der Waals surface area (Å²) in [7, 11) is 2.11. The van der Waals surface area contributed by atoms with Gasteiger partial charge in [0.2, 0.25) is 0 Å².